The number of alkyl halides is 3. The summed E-state index contributed by atoms with van der Waals surface area (Å²) in [5, 5.41) is 2.51. The maximum absolute atomic E-state index is 12.7. The van der Waals surface area contributed by atoms with Crippen molar-refractivity contribution in [3.05, 3.63) is 22.4 Å². The van der Waals surface area contributed by atoms with E-state index in [2.05, 4.69) is 26.2 Å². The van der Waals surface area contributed by atoms with Gasteiger partial charge in [-0.1, -0.05) is 0 Å². The monoisotopic (exact) mass is 340 g/mol. The first-order chi connectivity index (χ1) is 8.71. The lowest BCUT2D eigenvalue weighted by Gasteiger charge is -2.15. The number of ether oxygens (including phenoxy) is 1. The summed E-state index contributed by atoms with van der Waals surface area (Å²) in [5.41, 5.74) is -0.980. The van der Waals surface area contributed by atoms with Crippen LogP contribution in [-0.2, 0) is 11.0 Å². The first-order valence-corrected chi connectivity index (χ1v) is 6.15. The third kappa shape index (κ3) is 4.70. The van der Waals surface area contributed by atoms with Crippen LogP contribution >= 0.6 is 15.9 Å². The molecular formula is C11H12BrF3N2O2. The third-order valence-electron chi connectivity index (χ3n) is 1.96. The van der Waals surface area contributed by atoms with Gasteiger partial charge in [-0.15, -0.1) is 0 Å². The Morgan fingerprint density at radius 1 is 1.53 bits per heavy atom. The van der Waals surface area contributed by atoms with Gasteiger partial charge in [-0.05, 0) is 35.8 Å². The van der Waals surface area contributed by atoms with Crippen LogP contribution in [0.15, 0.2) is 16.9 Å². The highest BCUT2D eigenvalue weighted by atomic mass is 79.9. The van der Waals surface area contributed by atoms with E-state index in [-0.39, 0.29) is 10.6 Å². The lowest BCUT2D eigenvalue weighted by Crippen LogP contribution is -2.34. The second kappa shape index (κ2) is 6.23. The number of halogens is 4. The SMILES string of the molecule is CC(C)NC(=O)COc1c(C(F)(F)F)ccnc1Br. The number of aromatic nitrogens is 1. The van der Waals surface area contributed by atoms with Crippen molar-refractivity contribution in [2.75, 3.05) is 6.61 Å². The van der Waals surface area contributed by atoms with Gasteiger partial charge >= 0.3 is 6.18 Å². The molecule has 8 heteroatoms. The minimum atomic E-state index is -4.57. The van der Waals surface area contributed by atoms with E-state index in [0.29, 0.717) is 0 Å². The number of pyridine rings is 1. The van der Waals surface area contributed by atoms with Crippen LogP contribution in [0.5, 0.6) is 5.75 Å². The molecule has 1 heterocycles. The molecule has 1 aromatic heterocycles. The number of hydrogen-bond donors (Lipinski definition) is 1. The second-order valence-corrected chi connectivity index (χ2v) is 4.74. The van der Waals surface area contributed by atoms with Gasteiger partial charge in [-0.3, -0.25) is 4.79 Å². The van der Waals surface area contributed by atoms with E-state index < -0.39 is 30.0 Å². The summed E-state index contributed by atoms with van der Waals surface area (Å²) >= 11 is 2.87. The minimum Gasteiger partial charge on any atom is -0.480 e. The minimum absolute atomic E-state index is 0.0975. The fourth-order valence-corrected chi connectivity index (χ4v) is 1.73. The van der Waals surface area contributed by atoms with Crippen molar-refractivity contribution in [3.63, 3.8) is 0 Å². The summed E-state index contributed by atoms with van der Waals surface area (Å²) in [4.78, 5) is 15.0. The van der Waals surface area contributed by atoms with Gasteiger partial charge in [0, 0.05) is 12.2 Å². The molecule has 0 fully saturated rings. The molecule has 0 spiro atoms. The molecule has 19 heavy (non-hydrogen) atoms. The molecule has 0 radical (unpaired) electrons. The zero-order valence-corrected chi connectivity index (χ0v) is 11.8. The van der Waals surface area contributed by atoms with Gasteiger partial charge in [-0.25, -0.2) is 4.98 Å². The van der Waals surface area contributed by atoms with Gasteiger partial charge < -0.3 is 10.1 Å². The summed E-state index contributed by atoms with van der Waals surface area (Å²) in [6.07, 6.45) is -3.57. The molecule has 0 saturated carbocycles. The van der Waals surface area contributed by atoms with Crippen LogP contribution in [0.25, 0.3) is 0 Å². The van der Waals surface area contributed by atoms with Crippen molar-refractivity contribution in [2.24, 2.45) is 0 Å². The smallest absolute Gasteiger partial charge is 0.420 e. The molecule has 106 valence electrons. The standard InChI is InChI=1S/C11H12BrF3N2O2/c1-6(2)17-8(18)5-19-9-7(11(13,14)15)3-4-16-10(9)12/h3-4,6H,5H2,1-2H3,(H,17,18). The van der Waals surface area contributed by atoms with E-state index in [1.165, 1.54) is 0 Å². The van der Waals surface area contributed by atoms with Crippen LogP contribution in [-0.4, -0.2) is 23.5 Å². The second-order valence-electron chi connectivity index (χ2n) is 3.99. The fourth-order valence-electron chi connectivity index (χ4n) is 1.28. The molecule has 0 saturated heterocycles. The number of carbonyl (C=O) groups excluding carboxylic acids is 1. The predicted octanol–water partition coefficient (Wildman–Crippen LogP) is 2.77. The largest absolute Gasteiger partial charge is 0.480 e. The van der Waals surface area contributed by atoms with E-state index in [4.69, 9.17) is 4.74 Å². The van der Waals surface area contributed by atoms with Crippen LogP contribution in [0.2, 0.25) is 0 Å². The summed E-state index contributed by atoms with van der Waals surface area (Å²) in [5.74, 6) is -0.993. The molecule has 1 aromatic rings. The number of nitrogens with zero attached hydrogens (tertiary/aromatic N) is 1. The molecule has 4 nitrogen and oxygen atoms in total. The molecule has 0 aliphatic rings. The lowest BCUT2D eigenvalue weighted by atomic mass is 10.2. The van der Waals surface area contributed by atoms with Gasteiger partial charge in [0.05, 0.1) is 0 Å². The Bertz CT molecular complexity index is 464. The highest BCUT2D eigenvalue weighted by molar-refractivity contribution is 9.10. The van der Waals surface area contributed by atoms with Crippen molar-refractivity contribution >= 4 is 21.8 Å². The maximum Gasteiger partial charge on any atom is 0.420 e. The Hall–Kier alpha value is -1.31. The van der Waals surface area contributed by atoms with Crippen molar-refractivity contribution in [3.8, 4) is 5.75 Å². The van der Waals surface area contributed by atoms with Gasteiger partial charge in [0.15, 0.2) is 12.4 Å². The van der Waals surface area contributed by atoms with E-state index in [9.17, 15) is 18.0 Å². The van der Waals surface area contributed by atoms with Gasteiger partial charge in [0.1, 0.15) is 10.2 Å². The van der Waals surface area contributed by atoms with Crippen molar-refractivity contribution in [1.29, 1.82) is 0 Å². The van der Waals surface area contributed by atoms with Crippen molar-refractivity contribution in [1.82, 2.24) is 10.3 Å². The van der Waals surface area contributed by atoms with Crippen molar-refractivity contribution in [2.45, 2.75) is 26.1 Å². The molecule has 0 bridgehead atoms. The molecule has 1 rings (SSSR count). The van der Waals surface area contributed by atoms with Crippen molar-refractivity contribution < 1.29 is 22.7 Å². The topological polar surface area (TPSA) is 51.2 Å². The number of carbonyl (C=O) groups is 1. The number of rotatable bonds is 4. The lowest BCUT2D eigenvalue weighted by molar-refractivity contribution is -0.140. The number of nitrogens with one attached hydrogen (secondary N) is 1. The Morgan fingerprint density at radius 3 is 2.68 bits per heavy atom. The molecule has 1 amide bonds. The Balaban J connectivity index is 2.86. The number of hydrogen-bond acceptors (Lipinski definition) is 3. The Morgan fingerprint density at radius 2 is 2.16 bits per heavy atom. The summed E-state index contributed by atoms with van der Waals surface area (Å²) in [6.45, 7) is 2.96. The van der Waals surface area contributed by atoms with Crippen LogP contribution in [0.3, 0.4) is 0 Å². The summed E-state index contributed by atoms with van der Waals surface area (Å²) < 4.78 is 43.0. The van der Waals surface area contributed by atoms with Crippen LogP contribution in [0, 0.1) is 0 Å². The first-order valence-electron chi connectivity index (χ1n) is 5.35. The van der Waals surface area contributed by atoms with E-state index in [0.717, 1.165) is 12.3 Å². The molecule has 0 atom stereocenters. The molecular weight excluding hydrogens is 329 g/mol. The maximum atomic E-state index is 12.7. The Kier molecular flexibility index (Phi) is 5.16. The van der Waals surface area contributed by atoms with Crippen LogP contribution in [0.4, 0.5) is 13.2 Å². The molecule has 0 aliphatic heterocycles. The molecule has 0 aliphatic carbocycles. The van der Waals surface area contributed by atoms with E-state index in [1.807, 2.05) is 0 Å². The Labute approximate surface area is 116 Å². The fraction of sp³-hybridized carbons (Fsp3) is 0.455. The summed E-state index contributed by atoms with van der Waals surface area (Å²) in [6, 6.07) is 0.677. The summed E-state index contributed by atoms with van der Waals surface area (Å²) in [7, 11) is 0. The average Bonchev–Trinajstić information content (AvgIpc) is 2.24. The molecule has 1 N–H and O–H groups in total. The van der Waals surface area contributed by atoms with Crippen LogP contribution < -0.4 is 10.1 Å². The molecule has 0 unspecified atom stereocenters. The van der Waals surface area contributed by atoms with E-state index in [1.54, 1.807) is 13.8 Å². The highest BCUT2D eigenvalue weighted by Crippen LogP contribution is 2.39. The predicted molar refractivity (Wildman–Crippen MR) is 65.7 cm³/mol. The van der Waals surface area contributed by atoms with Gasteiger partial charge in [0.25, 0.3) is 5.91 Å². The van der Waals surface area contributed by atoms with E-state index >= 15 is 0 Å². The third-order valence-corrected chi connectivity index (χ3v) is 2.53. The quantitative estimate of drug-likeness (QED) is 0.857. The highest BCUT2D eigenvalue weighted by Gasteiger charge is 2.35. The number of amides is 1. The average molecular weight is 341 g/mol. The molecule has 0 aromatic carbocycles. The zero-order chi connectivity index (χ0) is 14.6. The first kappa shape index (κ1) is 15.7. The zero-order valence-electron chi connectivity index (χ0n) is 10.2. The van der Waals surface area contributed by atoms with Gasteiger partial charge in [-0.2, -0.15) is 13.2 Å². The normalized spacial score (nSPS) is 11.5. The van der Waals surface area contributed by atoms with Gasteiger partial charge in [0.2, 0.25) is 0 Å². The van der Waals surface area contributed by atoms with Crippen LogP contribution in [0.1, 0.15) is 19.4 Å².